The van der Waals surface area contributed by atoms with Crippen molar-refractivity contribution in [2.75, 3.05) is 0 Å². The summed E-state index contributed by atoms with van der Waals surface area (Å²) in [6.45, 7) is 0. The van der Waals surface area contributed by atoms with E-state index in [4.69, 9.17) is 16.9 Å². The highest BCUT2D eigenvalue weighted by molar-refractivity contribution is 9.10. The van der Waals surface area contributed by atoms with Crippen molar-refractivity contribution >= 4 is 27.5 Å². The molecule has 0 spiro atoms. The van der Waals surface area contributed by atoms with Gasteiger partial charge < -0.3 is 5.11 Å². The lowest BCUT2D eigenvalue weighted by atomic mass is 10.0. The number of aliphatic hydroxyl groups excluding tert-OH is 1. The first kappa shape index (κ1) is 13.0. The monoisotopic (exact) mass is 322 g/mol. The highest BCUT2D eigenvalue weighted by Crippen LogP contribution is 2.26. The minimum Gasteiger partial charge on any atom is -0.382 e. The zero-order valence-corrected chi connectivity index (χ0v) is 11.5. The van der Waals surface area contributed by atoms with Crippen molar-refractivity contribution < 1.29 is 5.11 Å². The number of pyridine rings is 1. The average molecular weight is 324 g/mol. The third kappa shape index (κ3) is 2.70. The summed E-state index contributed by atoms with van der Waals surface area (Å²) in [5.41, 5.74) is 1.64. The Labute approximate surface area is 118 Å². The van der Waals surface area contributed by atoms with Gasteiger partial charge in [0, 0.05) is 4.47 Å². The zero-order chi connectivity index (χ0) is 13.1. The molecule has 1 atom stereocenters. The van der Waals surface area contributed by atoms with Crippen LogP contribution in [0.4, 0.5) is 0 Å². The third-order valence-electron chi connectivity index (χ3n) is 2.45. The normalized spacial score (nSPS) is 11.9. The molecule has 0 fully saturated rings. The van der Waals surface area contributed by atoms with E-state index in [0.29, 0.717) is 26.4 Å². The van der Waals surface area contributed by atoms with E-state index in [0.717, 1.165) is 0 Å². The molecule has 5 heteroatoms. The maximum atomic E-state index is 10.2. The van der Waals surface area contributed by atoms with E-state index < -0.39 is 6.10 Å². The second-order valence-corrected chi connectivity index (χ2v) is 4.88. The minimum atomic E-state index is -0.868. The molecule has 1 aromatic heterocycles. The molecule has 0 aliphatic rings. The molecule has 1 unspecified atom stereocenters. The van der Waals surface area contributed by atoms with Crippen molar-refractivity contribution in [1.29, 1.82) is 5.26 Å². The maximum absolute atomic E-state index is 10.2. The van der Waals surface area contributed by atoms with Crippen LogP contribution in [-0.2, 0) is 0 Å². The van der Waals surface area contributed by atoms with E-state index in [1.165, 1.54) is 0 Å². The highest BCUT2D eigenvalue weighted by atomic mass is 79.9. The van der Waals surface area contributed by atoms with Crippen LogP contribution in [0, 0.1) is 11.3 Å². The van der Waals surface area contributed by atoms with Crippen molar-refractivity contribution in [2.24, 2.45) is 0 Å². The molecule has 1 aromatic carbocycles. The van der Waals surface area contributed by atoms with Crippen molar-refractivity contribution in [3.8, 4) is 6.07 Å². The van der Waals surface area contributed by atoms with Gasteiger partial charge in [-0.1, -0.05) is 23.7 Å². The molecule has 2 aromatic rings. The lowest BCUT2D eigenvalue weighted by Gasteiger charge is -2.11. The number of aliphatic hydroxyl groups is 1. The number of nitrogens with zero attached hydrogens (tertiary/aromatic N) is 2. The van der Waals surface area contributed by atoms with Gasteiger partial charge >= 0.3 is 0 Å². The molecule has 0 amide bonds. The molecule has 0 bridgehead atoms. The number of hydrogen-bond acceptors (Lipinski definition) is 3. The van der Waals surface area contributed by atoms with Gasteiger partial charge in [-0.3, -0.25) is 0 Å². The summed E-state index contributed by atoms with van der Waals surface area (Å²) in [7, 11) is 0. The van der Waals surface area contributed by atoms with E-state index in [1.807, 2.05) is 6.07 Å². The predicted octanol–water partition coefficient (Wildman–Crippen LogP) is 3.45. The number of halogens is 2. The maximum Gasteiger partial charge on any atom is 0.129 e. The molecule has 90 valence electrons. The van der Waals surface area contributed by atoms with Crippen LogP contribution < -0.4 is 0 Å². The Morgan fingerprint density at radius 2 is 2.11 bits per heavy atom. The molecule has 0 radical (unpaired) electrons. The van der Waals surface area contributed by atoms with Crippen molar-refractivity contribution in [2.45, 2.75) is 6.10 Å². The predicted molar refractivity (Wildman–Crippen MR) is 72.2 cm³/mol. The van der Waals surface area contributed by atoms with E-state index in [9.17, 15) is 5.11 Å². The SMILES string of the molecule is N#Cc1ccc(C(O)c2cccc(Cl)n2)cc1Br. The van der Waals surface area contributed by atoms with E-state index >= 15 is 0 Å². The summed E-state index contributed by atoms with van der Waals surface area (Å²) in [6.07, 6.45) is -0.868. The topological polar surface area (TPSA) is 56.9 Å². The van der Waals surface area contributed by atoms with Gasteiger partial charge in [0.15, 0.2) is 0 Å². The molecule has 2 rings (SSSR count). The van der Waals surface area contributed by atoms with Gasteiger partial charge in [-0.2, -0.15) is 5.26 Å². The summed E-state index contributed by atoms with van der Waals surface area (Å²) in [5, 5.41) is 19.3. The van der Waals surface area contributed by atoms with Crippen LogP contribution in [0.3, 0.4) is 0 Å². The van der Waals surface area contributed by atoms with Crippen LogP contribution in [-0.4, -0.2) is 10.1 Å². The molecule has 18 heavy (non-hydrogen) atoms. The largest absolute Gasteiger partial charge is 0.382 e. The Balaban J connectivity index is 2.38. The fraction of sp³-hybridized carbons (Fsp3) is 0.0769. The van der Waals surface area contributed by atoms with Crippen LogP contribution in [0.5, 0.6) is 0 Å². The van der Waals surface area contributed by atoms with Gasteiger partial charge in [0.2, 0.25) is 0 Å². The minimum absolute atomic E-state index is 0.333. The third-order valence-corrected chi connectivity index (χ3v) is 3.31. The number of aromatic nitrogens is 1. The molecule has 0 aliphatic heterocycles. The smallest absolute Gasteiger partial charge is 0.129 e. The van der Waals surface area contributed by atoms with Gasteiger partial charge in [-0.25, -0.2) is 4.98 Å². The lowest BCUT2D eigenvalue weighted by Crippen LogP contribution is -2.02. The van der Waals surface area contributed by atoms with Crippen LogP contribution in [0.1, 0.15) is 22.9 Å². The Bertz CT molecular complexity index is 625. The average Bonchev–Trinajstić information content (AvgIpc) is 2.37. The second kappa shape index (κ2) is 5.49. The Morgan fingerprint density at radius 1 is 1.33 bits per heavy atom. The van der Waals surface area contributed by atoms with Crippen LogP contribution in [0.15, 0.2) is 40.9 Å². The number of nitriles is 1. The Morgan fingerprint density at radius 3 is 2.72 bits per heavy atom. The van der Waals surface area contributed by atoms with Crippen LogP contribution in [0.25, 0.3) is 0 Å². The first-order valence-corrected chi connectivity index (χ1v) is 6.29. The van der Waals surface area contributed by atoms with Gasteiger partial charge in [0.05, 0.1) is 11.3 Å². The van der Waals surface area contributed by atoms with Crippen LogP contribution >= 0.6 is 27.5 Å². The molecule has 3 nitrogen and oxygen atoms in total. The zero-order valence-electron chi connectivity index (χ0n) is 9.14. The summed E-state index contributed by atoms with van der Waals surface area (Å²) in [6, 6.07) is 12.2. The molecular weight excluding hydrogens is 316 g/mol. The number of hydrogen-bond donors (Lipinski definition) is 1. The van der Waals surface area contributed by atoms with Gasteiger partial charge in [-0.15, -0.1) is 0 Å². The van der Waals surface area contributed by atoms with E-state index in [2.05, 4.69) is 20.9 Å². The highest BCUT2D eigenvalue weighted by Gasteiger charge is 2.13. The summed E-state index contributed by atoms with van der Waals surface area (Å²) in [4.78, 5) is 4.06. The van der Waals surface area contributed by atoms with Crippen molar-refractivity contribution in [3.05, 3.63) is 62.8 Å². The first-order chi connectivity index (χ1) is 8.61. The number of rotatable bonds is 2. The number of benzene rings is 1. The fourth-order valence-electron chi connectivity index (χ4n) is 1.54. The molecule has 1 heterocycles. The van der Waals surface area contributed by atoms with Gasteiger partial charge in [0.1, 0.15) is 17.3 Å². The molecule has 1 N–H and O–H groups in total. The summed E-state index contributed by atoms with van der Waals surface area (Å²) in [5.74, 6) is 0. The lowest BCUT2D eigenvalue weighted by molar-refractivity contribution is 0.215. The van der Waals surface area contributed by atoms with Gasteiger partial charge in [0.25, 0.3) is 0 Å². The van der Waals surface area contributed by atoms with E-state index in [-0.39, 0.29) is 0 Å². The Kier molecular flexibility index (Phi) is 3.97. The quantitative estimate of drug-likeness (QED) is 0.861. The van der Waals surface area contributed by atoms with Crippen molar-refractivity contribution in [3.63, 3.8) is 0 Å². The molecule has 0 saturated carbocycles. The first-order valence-electron chi connectivity index (χ1n) is 5.12. The van der Waals surface area contributed by atoms with Crippen molar-refractivity contribution in [1.82, 2.24) is 4.98 Å². The Hall–Kier alpha value is -1.41. The van der Waals surface area contributed by atoms with E-state index in [1.54, 1.807) is 36.4 Å². The summed E-state index contributed by atoms with van der Waals surface area (Å²) < 4.78 is 0.642. The molecule has 0 saturated heterocycles. The van der Waals surface area contributed by atoms with Crippen LogP contribution in [0.2, 0.25) is 5.15 Å². The second-order valence-electron chi connectivity index (χ2n) is 3.64. The molecular formula is C13H8BrClN2O. The van der Waals surface area contributed by atoms with Gasteiger partial charge in [-0.05, 0) is 45.8 Å². The molecule has 0 aliphatic carbocycles. The standard InChI is InChI=1S/C13H8BrClN2O/c14-10-6-8(4-5-9(10)7-16)13(18)11-2-1-3-12(15)17-11/h1-6,13,18H. The fourth-order valence-corrected chi connectivity index (χ4v) is 2.19. The summed E-state index contributed by atoms with van der Waals surface area (Å²) >= 11 is 9.06.